The van der Waals surface area contributed by atoms with E-state index in [4.69, 9.17) is 0 Å². The third-order valence-corrected chi connectivity index (χ3v) is 4.60. The summed E-state index contributed by atoms with van der Waals surface area (Å²) in [6.07, 6.45) is 5.79. The highest BCUT2D eigenvalue weighted by atomic mass is 32.2. The van der Waals surface area contributed by atoms with E-state index in [-0.39, 0.29) is 5.82 Å². The van der Waals surface area contributed by atoms with Gasteiger partial charge >= 0.3 is 0 Å². The number of thioether (sulfide) groups is 1. The van der Waals surface area contributed by atoms with E-state index in [1.807, 2.05) is 53.1 Å². The van der Waals surface area contributed by atoms with E-state index in [1.54, 1.807) is 23.9 Å². The smallest absolute Gasteiger partial charge is 0.192 e. The highest BCUT2D eigenvalue weighted by Gasteiger charge is 2.10. The van der Waals surface area contributed by atoms with Gasteiger partial charge in [0.05, 0.1) is 0 Å². The highest BCUT2D eigenvalue weighted by molar-refractivity contribution is 7.98. The van der Waals surface area contributed by atoms with Crippen LogP contribution in [0.1, 0.15) is 17.0 Å². The van der Waals surface area contributed by atoms with Crippen molar-refractivity contribution in [2.75, 3.05) is 0 Å². The Morgan fingerprint density at radius 1 is 1.00 bits per heavy atom. The Morgan fingerprint density at radius 3 is 2.48 bits per heavy atom. The molecule has 3 aromatic rings. The lowest BCUT2D eigenvalue weighted by molar-refractivity contribution is 0.627. The van der Waals surface area contributed by atoms with Gasteiger partial charge in [0.25, 0.3) is 0 Å². The first-order valence-corrected chi connectivity index (χ1v) is 8.89. The van der Waals surface area contributed by atoms with E-state index >= 15 is 0 Å². The fourth-order valence-electron chi connectivity index (χ4n) is 2.29. The molecule has 0 spiro atoms. The largest absolute Gasteiger partial charge is 0.299 e. The molecule has 3 nitrogen and oxygen atoms in total. The molecule has 0 saturated carbocycles. The van der Waals surface area contributed by atoms with Crippen LogP contribution in [0, 0.1) is 5.82 Å². The topological polar surface area (TPSA) is 30.7 Å². The van der Waals surface area contributed by atoms with Crippen molar-refractivity contribution in [1.29, 1.82) is 0 Å². The van der Waals surface area contributed by atoms with Crippen molar-refractivity contribution in [3.05, 3.63) is 90.0 Å². The Kier molecular flexibility index (Phi) is 5.80. The minimum atomic E-state index is -0.225. The number of hydrogen-bond acceptors (Lipinski definition) is 3. The van der Waals surface area contributed by atoms with E-state index < -0.39 is 0 Å². The Morgan fingerprint density at radius 2 is 1.76 bits per heavy atom. The van der Waals surface area contributed by atoms with Gasteiger partial charge in [-0.25, -0.2) is 4.39 Å². The SMILES string of the molecule is C=CCn1c(/C=C/c2ccccc2)nnc1SCc1ccc(F)cc1. The first-order chi connectivity index (χ1) is 12.3. The third kappa shape index (κ3) is 4.67. The molecule has 3 rings (SSSR count). The number of hydrogen-bond donors (Lipinski definition) is 0. The van der Waals surface area contributed by atoms with Gasteiger partial charge < -0.3 is 0 Å². The number of allylic oxidation sites excluding steroid dienone is 1. The molecule has 0 aliphatic carbocycles. The standard InChI is InChI=1S/C20H18FN3S/c1-2-14-24-19(13-10-16-6-4-3-5-7-16)22-23-20(24)25-15-17-8-11-18(21)12-9-17/h2-13H,1,14-15H2/b13-10+. The summed E-state index contributed by atoms with van der Waals surface area (Å²) in [5, 5.41) is 9.37. The Bertz CT molecular complexity index is 854. The molecule has 0 bridgehead atoms. The molecule has 1 heterocycles. The summed E-state index contributed by atoms with van der Waals surface area (Å²) in [4.78, 5) is 0. The first-order valence-electron chi connectivity index (χ1n) is 7.91. The maximum absolute atomic E-state index is 13.0. The molecule has 5 heteroatoms. The lowest BCUT2D eigenvalue weighted by atomic mass is 10.2. The molecule has 0 unspecified atom stereocenters. The summed E-state index contributed by atoms with van der Waals surface area (Å²) in [7, 11) is 0. The van der Waals surface area contributed by atoms with E-state index in [2.05, 4.69) is 16.8 Å². The quantitative estimate of drug-likeness (QED) is 0.440. The molecule has 0 radical (unpaired) electrons. The number of aromatic nitrogens is 3. The summed E-state index contributed by atoms with van der Waals surface area (Å²) < 4.78 is 15.0. The number of benzene rings is 2. The van der Waals surface area contributed by atoms with Gasteiger partial charge in [-0.15, -0.1) is 16.8 Å². The van der Waals surface area contributed by atoms with Crippen LogP contribution in [0.4, 0.5) is 4.39 Å². The minimum absolute atomic E-state index is 0.225. The average molecular weight is 351 g/mol. The second-order valence-corrected chi connectivity index (χ2v) is 6.34. The van der Waals surface area contributed by atoms with Gasteiger partial charge in [0.1, 0.15) is 5.82 Å². The van der Waals surface area contributed by atoms with Crippen LogP contribution in [-0.2, 0) is 12.3 Å². The van der Waals surface area contributed by atoms with Crippen molar-refractivity contribution in [2.45, 2.75) is 17.5 Å². The molecular weight excluding hydrogens is 333 g/mol. The Labute approximate surface area is 150 Å². The number of halogens is 1. The second-order valence-electron chi connectivity index (χ2n) is 5.40. The maximum Gasteiger partial charge on any atom is 0.192 e. The van der Waals surface area contributed by atoms with Gasteiger partial charge in [0.2, 0.25) is 0 Å². The van der Waals surface area contributed by atoms with Crippen molar-refractivity contribution >= 4 is 23.9 Å². The molecule has 126 valence electrons. The zero-order chi connectivity index (χ0) is 17.5. The van der Waals surface area contributed by atoms with Crippen LogP contribution in [0.15, 0.2) is 72.4 Å². The lowest BCUT2D eigenvalue weighted by Gasteiger charge is -2.05. The first kappa shape index (κ1) is 17.2. The molecule has 0 N–H and O–H groups in total. The minimum Gasteiger partial charge on any atom is -0.299 e. The van der Waals surface area contributed by atoms with Gasteiger partial charge in [-0.05, 0) is 29.3 Å². The monoisotopic (exact) mass is 351 g/mol. The summed E-state index contributed by atoms with van der Waals surface area (Å²) >= 11 is 1.57. The molecule has 0 atom stereocenters. The third-order valence-electron chi connectivity index (χ3n) is 3.56. The van der Waals surface area contributed by atoms with E-state index in [1.165, 1.54) is 12.1 Å². The van der Waals surface area contributed by atoms with E-state index in [9.17, 15) is 4.39 Å². The molecule has 0 amide bonds. The molecule has 1 aromatic heterocycles. The van der Waals surface area contributed by atoms with Crippen LogP contribution < -0.4 is 0 Å². The van der Waals surface area contributed by atoms with E-state index in [0.29, 0.717) is 12.3 Å². The molecule has 25 heavy (non-hydrogen) atoms. The van der Waals surface area contributed by atoms with Gasteiger partial charge in [-0.1, -0.05) is 66.4 Å². The van der Waals surface area contributed by atoms with Crippen LogP contribution in [0.25, 0.3) is 12.2 Å². The molecule has 2 aromatic carbocycles. The zero-order valence-electron chi connectivity index (χ0n) is 13.7. The van der Waals surface area contributed by atoms with Crippen molar-refractivity contribution in [3.63, 3.8) is 0 Å². The van der Waals surface area contributed by atoms with E-state index in [0.717, 1.165) is 22.1 Å². The van der Waals surface area contributed by atoms with Crippen LogP contribution in [0.2, 0.25) is 0 Å². The van der Waals surface area contributed by atoms with Gasteiger partial charge in [0, 0.05) is 12.3 Å². The van der Waals surface area contributed by atoms with Gasteiger partial charge in [-0.2, -0.15) is 0 Å². The van der Waals surface area contributed by atoms with Crippen LogP contribution in [0.5, 0.6) is 0 Å². The Hall–Kier alpha value is -2.66. The van der Waals surface area contributed by atoms with Crippen molar-refractivity contribution in [1.82, 2.24) is 14.8 Å². The molecule has 0 fully saturated rings. The van der Waals surface area contributed by atoms with Crippen LogP contribution >= 0.6 is 11.8 Å². The summed E-state index contributed by atoms with van der Waals surface area (Å²) in [5.74, 6) is 1.26. The van der Waals surface area contributed by atoms with Crippen LogP contribution in [0.3, 0.4) is 0 Å². The summed E-state index contributed by atoms with van der Waals surface area (Å²) in [6, 6.07) is 16.6. The van der Waals surface area contributed by atoms with Crippen LogP contribution in [-0.4, -0.2) is 14.8 Å². The maximum atomic E-state index is 13.0. The summed E-state index contributed by atoms with van der Waals surface area (Å²) in [5.41, 5.74) is 2.15. The molecular formula is C20H18FN3S. The Balaban J connectivity index is 1.75. The predicted octanol–water partition coefficient (Wildman–Crippen LogP) is 5.07. The molecule has 0 aliphatic heterocycles. The predicted molar refractivity (Wildman–Crippen MR) is 102 cm³/mol. The fraction of sp³-hybridized carbons (Fsp3) is 0.100. The fourth-order valence-corrected chi connectivity index (χ4v) is 3.20. The van der Waals surface area contributed by atoms with Crippen molar-refractivity contribution in [2.24, 2.45) is 0 Å². The molecule has 0 saturated heterocycles. The van der Waals surface area contributed by atoms with Gasteiger partial charge in [0.15, 0.2) is 11.0 Å². The van der Waals surface area contributed by atoms with Crippen molar-refractivity contribution < 1.29 is 4.39 Å². The average Bonchev–Trinajstić information content (AvgIpc) is 3.03. The second kappa shape index (κ2) is 8.44. The van der Waals surface area contributed by atoms with Gasteiger partial charge in [-0.3, -0.25) is 4.57 Å². The molecule has 0 aliphatic rings. The normalized spacial score (nSPS) is 11.1. The zero-order valence-corrected chi connectivity index (χ0v) is 14.5. The number of nitrogens with zero attached hydrogens (tertiary/aromatic N) is 3. The summed E-state index contributed by atoms with van der Waals surface area (Å²) in [6.45, 7) is 4.44. The van der Waals surface area contributed by atoms with Crippen molar-refractivity contribution in [3.8, 4) is 0 Å². The lowest BCUT2D eigenvalue weighted by Crippen LogP contribution is -2.00. The number of rotatable bonds is 7. The highest BCUT2D eigenvalue weighted by Crippen LogP contribution is 2.23.